The van der Waals surface area contributed by atoms with Crippen LogP contribution in [0.4, 0.5) is 0 Å². The van der Waals surface area contributed by atoms with Crippen molar-refractivity contribution in [3.05, 3.63) is 34.9 Å². The summed E-state index contributed by atoms with van der Waals surface area (Å²) in [6, 6.07) is 4.67. The van der Waals surface area contributed by atoms with Crippen LogP contribution in [0.1, 0.15) is 46.0 Å². The van der Waals surface area contributed by atoms with E-state index >= 15 is 0 Å². The molecule has 2 aliphatic rings. The van der Waals surface area contributed by atoms with E-state index in [2.05, 4.69) is 5.32 Å². The standard InChI is InChI=1S/C18H23N3O3.ClH/c1-11-6-7-14-15(9-11)18(24)21(17(14)23)12(2)16(22)20-8-4-5-13(10-20)19-3;/h6-7,9,12-13,19H,4-5,8,10H2,1-3H3;1H. The van der Waals surface area contributed by atoms with Gasteiger partial charge in [0.25, 0.3) is 11.8 Å². The first-order valence-corrected chi connectivity index (χ1v) is 8.38. The van der Waals surface area contributed by atoms with Crippen LogP contribution in [0.5, 0.6) is 0 Å². The van der Waals surface area contributed by atoms with Gasteiger partial charge in [-0.25, -0.2) is 0 Å². The maximum absolute atomic E-state index is 12.8. The van der Waals surface area contributed by atoms with Gasteiger partial charge in [0.2, 0.25) is 5.91 Å². The van der Waals surface area contributed by atoms with Crippen LogP contribution in [-0.2, 0) is 4.79 Å². The molecule has 1 aromatic carbocycles. The summed E-state index contributed by atoms with van der Waals surface area (Å²) < 4.78 is 0. The minimum Gasteiger partial charge on any atom is -0.339 e. The van der Waals surface area contributed by atoms with E-state index in [1.54, 1.807) is 24.0 Å². The Morgan fingerprint density at radius 1 is 1.24 bits per heavy atom. The van der Waals surface area contributed by atoms with Gasteiger partial charge in [-0.15, -0.1) is 12.4 Å². The average molecular weight is 366 g/mol. The van der Waals surface area contributed by atoms with E-state index < -0.39 is 6.04 Å². The van der Waals surface area contributed by atoms with Crippen LogP contribution in [0.15, 0.2) is 18.2 Å². The van der Waals surface area contributed by atoms with Crippen LogP contribution < -0.4 is 5.32 Å². The molecule has 2 heterocycles. The van der Waals surface area contributed by atoms with E-state index in [0.29, 0.717) is 24.2 Å². The number of rotatable bonds is 3. The third-order valence-electron chi connectivity index (χ3n) is 4.96. The Morgan fingerprint density at radius 2 is 1.92 bits per heavy atom. The van der Waals surface area contributed by atoms with Gasteiger partial charge in [-0.2, -0.15) is 0 Å². The quantitative estimate of drug-likeness (QED) is 0.826. The number of halogens is 1. The van der Waals surface area contributed by atoms with Gasteiger partial charge < -0.3 is 10.2 Å². The van der Waals surface area contributed by atoms with Crippen LogP contribution in [0.25, 0.3) is 0 Å². The predicted octanol–water partition coefficient (Wildman–Crippen LogP) is 1.61. The number of aryl methyl sites for hydroxylation is 1. The number of hydrogen-bond acceptors (Lipinski definition) is 4. The molecule has 1 N–H and O–H groups in total. The lowest BCUT2D eigenvalue weighted by molar-refractivity contribution is -0.136. The van der Waals surface area contributed by atoms with E-state index in [9.17, 15) is 14.4 Å². The second-order valence-electron chi connectivity index (χ2n) is 6.62. The highest BCUT2D eigenvalue weighted by atomic mass is 35.5. The molecule has 0 radical (unpaired) electrons. The smallest absolute Gasteiger partial charge is 0.262 e. The molecule has 3 amide bonds. The highest BCUT2D eigenvalue weighted by Gasteiger charge is 2.42. The molecular weight excluding hydrogens is 342 g/mol. The molecule has 25 heavy (non-hydrogen) atoms. The number of benzene rings is 1. The number of carbonyl (C=O) groups excluding carboxylic acids is 3. The summed E-state index contributed by atoms with van der Waals surface area (Å²) in [6.07, 6.45) is 1.95. The van der Waals surface area contributed by atoms with Crippen LogP contribution in [0, 0.1) is 6.92 Å². The molecule has 2 atom stereocenters. The third kappa shape index (κ3) is 3.41. The lowest BCUT2D eigenvalue weighted by Crippen LogP contribution is -2.54. The fourth-order valence-electron chi connectivity index (χ4n) is 3.51. The van der Waals surface area contributed by atoms with E-state index in [4.69, 9.17) is 0 Å². The van der Waals surface area contributed by atoms with Crippen LogP contribution in [0.2, 0.25) is 0 Å². The number of amides is 3. The largest absolute Gasteiger partial charge is 0.339 e. The first-order chi connectivity index (χ1) is 11.4. The molecule has 7 heteroatoms. The number of nitrogens with one attached hydrogen (secondary N) is 1. The van der Waals surface area contributed by atoms with E-state index in [1.807, 2.05) is 20.0 Å². The topological polar surface area (TPSA) is 69.7 Å². The molecular formula is C18H24ClN3O3. The van der Waals surface area contributed by atoms with Gasteiger partial charge in [-0.1, -0.05) is 11.6 Å². The number of carbonyl (C=O) groups is 3. The molecule has 0 bridgehead atoms. The zero-order valence-electron chi connectivity index (χ0n) is 14.7. The number of imide groups is 1. The maximum Gasteiger partial charge on any atom is 0.262 e. The van der Waals surface area contributed by atoms with Gasteiger partial charge in [0, 0.05) is 19.1 Å². The molecule has 0 aromatic heterocycles. The van der Waals surface area contributed by atoms with Gasteiger partial charge in [0.05, 0.1) is 11.1 Å². The van der Waals surface area contributed by atoms with Crippen LogP contribution in [-0.4, -0.2) is 59.7 Å². The summed E-state index contributed by atoms with van der Waals surface area (Å²) in [7, 11) is 1.88. The Balaban J connectivity index is 0.00000225. The highest BCUT2D eigenvalue weighted by Crippen LogP contribution is 2.26. The fourth-order valence-corrected chi connectivity index (χ4v) is 3.51. The Kier molecular flexibility index (Phi) is 5.85. The minimum absolute atomic E-state index is 0. The van der Waals surface area contributed by atoms with Crippen molar-refractivity contribution in [2.45, 2.75) is 38.8 Å². The van der Waals surface area contributed by atoms with Crippen molar-refractivity contribution >= 4 is 30.1 Å². The molecule has 2 aliphatic heterocycles. The van der Waals surface area contributed by atoms with Gasteiger partial charge in [-0.3, -0.25) is 19.3 Å². The number of likely N-dealkylation sites (tertiary alicyclic amines) is 1. The van der Waals surface area contributed by atoms with Gasteiger partial charge in [0.15, 0.2) is 0 Å². The fraction of sp³-hybridized carbons (Fsp3) is 0.500. The molecule has 1 aromatic rings. The predicted molar refractivity (Wildman–Crippen MR) is 97.1 cm³/mol. The molecule has 3 rings (SSSR count). The lowest BCUT2D eigenvalue weighted by atomic mass is 10.0. The number of nitrogens with zero attached hydrogens (tertiary/aromatic N) is 2. The normalized spacial score (nSPS) is 21.0. The Labute approximate surface area is 154 Å². The molecule has 1 saturated heterocycles. The second-order valence-corrected chi connectivity index (χ2v) is 6.62. The first-order valence-electron chi connectivity index (χ1n) is 8.38. The summed E-state index contributed by atoms with van der Waals surface area (Å²) in [4.78, 5) is 40.9. The van der Waals surface area contributed by atoms with Crippen molar-refractivity contribution in [1.82, 2.24) is 15.1 Å². The summed E-state index contributed by atoms with van der Waals surface area (Å²) in [5.41, 5.74) is 1.70. The summed E-state index contributed by atoms with van der Waals surface area (Å²) in [6.45, 7) is 4.80. The van der Waals surface area contributed by atoms with E-state index in [1.165, 1.54) is 0 Å². The van der Waals surface area contributed by atoms with E-state index in [-0.39, 0.29) is 36.2 Å². The number of hydrogen-bond donors (Lipinski definition) is 1. The zero-order chi connectivity index (χ0) is 17.4. The van der Waals surface area contributed by atoms with Crippen molar-refractivity contribution in [3.8, 4) is 0 Å². The van der Waals surface area contributed by atoms with Gasteiger partial charge >= 0.3 is 0 Å². The molecule has 0 saturated carbocycles. The van der Waals surface area contributed by atoms with Crippen molar-refractivity contribution in [2.24, 2.45) is 0 Å². The molecule has 136 valence electrons. The summed E-state index contributed by atoms with van der Waals surface area (Å²) in [5, 5.41) is 3.19. The van der Waals surface area contributed by atoms with E-state index in [0.717, 1.165) is 23.3 Å². The Bertz CT molecular complexity index is 707. The van der Waals surface area contributed by atoms with Gasteiger partial charge in [0.1, 0.15) is 6.04 Å². The van der Waals surface area contributed by atoms with Crippen molar-refractivity contribution in [3.63, 3.8) is 0 Å². The molecule has 0 aliphatic carbocycles. The SMILES string of the molecule is CNC1CCCN(C(=O)C(C)N2C(=O)c3ccc(C)cc3C2=O)C1.Cl. The highest BCUT2D eigenvalue weighted by molar-refractivity contribution is 6.22. The molecule has 6 nitrogen and oxygen atoms in total. The maximum atomic E-state index is 12.8. The molecule has 2 unspecified atom stereocenters. The van der Waals surface area contributed by atoms with Crippen molar-refractivity contribution in [1.29, 1.82) is 0 Å². The van der Waals surface area contributed by atoms with Crippen molar-refractivity contribution in [2.75, 3.05) is 20.1 Å². The number of piperidine rings is 1. The minimum atomic E-state index is -0.784. The average Bonchev–Trinajstić information content (AvgIpc) is 2.84. The molecule has 0 spiro atoms. The summed E-state index contributed by atoms with van der Waals surface area (Å²) in [5.74, 6) is -0.916. The Hall–Kier alpha value is -1.92. The first kappa shape index (κ1) is 19.4. The van der Waals surface area contributed by atoms with Crippen LogP contribution in [0.3, 0.4) is 0 Å². The lowest BCUT2D eigenvalue weighted by Gasteiger charge is -2.35. The number of fused-ring (bicyclic) bond motifs is 1. The Morgan fingerprint density at radius 3 is 2.60 bits per heavy atom. The number of likely N-dealkylation sites (N-methyl/N-ethyl adjacent to an activating group) is 1. The molecule has 1 fully saturated rings. The third-order valence-corrected chi connectivity index (χ3v) is 4.96. The second kappa shape index (κ2) is 7.54. The van der Waals surface area contributed by atoms with Crippen LogP contribution >= 0.6 is 12.4 Å². The summed E-state index contributed by atoms with van der Waals surface area (Å²) >= 11 is 0. The zero-order valence-corrected chi connectivity index (χ0v) is 15.6. The monoisotopic (exact) mass is 365 g/mol. The van der Waals surface area contributed by atoms with Crippen molar-refractivity contribution < 1.29 is 14.4 Å². The van der Waals surface area contributed by atoms with Gasteiger partial charge in [-0.05, 0) is 45.9 Å².